The molecule has 0 aromatic heterocycles. The van der Waals surface area contributed by atoms with Crippen LogP contribution in [0, 0.1) is 20.2 Å². The van der Waals surface area contributed by atoms with Gasteiger partial charge in [-0.15, -0.1) is 0 Å². The second-order valence-corrected chi connectivity index (χ2v) is 3.17. The second-order valence-electron chi connectivity index (χ2n) is 2.76. The Balaban J connectivity index is 3.04. The van der Waals surface area contributed by atoms with Gasteiger partial charge in [-0.25, -0.2) is 0 Å². The molecular weight excluding hydrogens is 214 g/mol. The Morgan fingerprint density at radius 3 is 2.43 bits per heavy atom. The lowest BCUT2D eigenvalue weighted by Gasteiger charge is -2.20. The van der Waals surface area contributed by atoms with Crippen molar-refractivity contribution in [3.63, 3.8) is 0 Å². The van der Waals surface area contributed by atoms with Gasteiger partial charge in [-0.3, -0.25) is 26.0 Å². The van der Waals surface area contributed by atoms with Gasteiger partial charge in [0.25, 0.3) is 5.70 Å². The van der Waals surface area contributed by atoms with Crippen LogP contribution in [0.25, 0.3) is 0 Å². The fourth-order valence-corrected chi connectivity index (χ4v) is 1.22. The Bertz CT molecular complexity index is 364. The van der Waals surface area contributed by atoms with E-state index in [2.05, 4.69) is 0 Å². The van der Waals surface area contributed by atoms with E-state index in [0.717, 1.165) is 12.2 Å². The molecule has 1 atom stereocenters. The van der Waals surface area contributed by atoms with Crippen molar-refractivity contribution in [3.05, 3.63) is 43.1 Å². The summed E-state index contributed by atoms with van der Waals surface area (Å²) in [5.74, 6) is 0. The largest absolute Gasteiger partial charge is 0.312 e. The highest BCUT2D eigenvalue weighted by Gasteiger charge is 2.44. The molecule has 14 heavy (non-hydrogen) atoms. The van der Waals surface area contributed by atoms with Crippen LogP contribution in [0.3, 0.4) is 0 Å². The molecule has 7 nitrogen and oxygen atoms in total. The Morgan fingerprint density at radius 1 is 1.50 bits per heavy atom. The molecule has 1 unspecified atom stereocenters. The molecule has 1 aliphatic carbocycles. The molecule has 1 aliphatic rings. The molecule has 8 heteroatoms. The molecular formula is C6H6ClN3O4. The molecule has 1 rings (SSSR count). The summed E-state index contributed by atoms with van der Waals surface area (Å²) in [4.78, 5) is 19.4. The Labute approximate surface area is 83.1 Å². The van der Waals surface area contributed by atoms with Crippen molar-refractivity contribution in [2.75, 3.05) is 0 Å². The van der Waals surface area contributed by atoms with Gasteiger partial charge in [-0.2, -0.15) is 0 Å². The molecule has 0 heterocycles. The molecule has 0 saturated carbocycles. The van der Waals surface area contributed by atoms with Gasteiger partial charge in [0, 0.05) is 17.1 Å². The van der Waals surface area contributed by atoms with Crippen molar-refractivity contribution in [2.45, 2.75) is 12.1 Å². The fraction of sp³-hybridized carbons (Fsp3) is 0.333. The third-order valence-electron chi connectivity index (χ3n) is 1.85. The maximum Gasteiger partial charge on any atom is 0.312 e. The maximum atomic E-state index is 10.5. The van der Waals surface area contributed by atoms with Gasteiger partial charge in [0.2, 0.25) is 0 Å². The molecule has 0 aliphatic heterocycles. The summed E-state index contributed by atoms with van der Waals surface area (Å²) in [5.41, 5.74) is 3.13. The molecule has 0 amide bonds. The average Bonchev–Trinajstić information content (AvgIpc) is 2.09. The third-order valence-corrected chi connectivity index (χ3v) is 2.28. The number of nitro groups is 2. The number of allylic oxidation sites excluding steroid dienone is 1. The smallest absolute Gasteiger partial charge is 0.262 e. The minimum atomic E-state index is -1.93. The van der Waals surface area contributed by atoms with E-state index in [4.69, 9.17) is 17.3 Å². The molecule has 0 fully saturated rings. The zero-order valence-corrected chi connectivity index (χ0v) is 7.60. The first-order valence-corrected chi connectivity index (χ1v) is 3.91. The van der Waals surface area contributed by atoms with E-state index >= 15 is 0 Å². The van der Waals surface area contributed by atoms with Gasteiger partial charge in [-0.05, 0) is 0 Å². The Hall–Kier alpha value is -1.47. The van der Waals surface area contributed by atoms with Gasteiger partial charge < -0.3 is 0 Å². The molecule has 0 saturated heterocycles. The second kappa shape index (κ2) is 3.35. The van der Waals surface area contributed by atoms with Gasteiger partial charge in [-0.1, -0.05) is 11.6 Å². The predicted molar refractivity (Wildman–Crippen MR) is 47.5 cm³/mol. The standard InChI is InChI=1S/C6H6ClN3O4/c7-5-3-4(9(11)12)1-2-6(5,8)10(13)14/h1,3H,2,8H2. The van der Waals surface area contributed by atoms with Crippen molar-refractivity contribution >= 4 is 11.6 Å². The van der Waals surface area contributed by atoms with E-state index in [0.29, 0.717) is 0 Å². The molecule has 0 aromatic carbocycles. The Kier molecular flexibility index (Phi) is 2.54. The summed E-state index contributed by atoms with van der Waals surface area (Å²) in [7, 11) is 0. The first-order chi connectivity index (χ1) is 6.38. The highest BCUT2D eigenvalue weighted by atomic mass is 35.5. The number of rotatable bonds is 2. The van der Waals surface area contributed by atoms with E-state index in [9.17, 15) is 20.2 Å². The number of nitrogens with two attached hydrogens (primary N) is 1. The van der Waals surface area contributed by atoms with Crippen LogP contribution < -0.4 is 5.73 Å². The van der Waals surface area contributed by atoms with Crippen LogP contribution in [0.15, 0.2) is 22.9 Å². The normalized spacial score (nSPS) is 26.4. The molecule has 0 radical (unpaired) electrons. The zero-order valence-electron chi connectivity index (χ0n) is 6.84. The number of hydrogen-bond acceptors (Lipinski definition) is 5. The fourth-order valence-electron chi connectivity index (χ4n) is 0.960. The van der Waals surface area contributed by atoms with E-state index < -0.39 is 15.5 Å². The van der Waals surface area contributed by atoms with Crippen LogP contribution in [0.4, 0.5) is 0 Å². The summed E-state index contributed by atoms with van der Waals surface area (Å²) < 4.78 is 0. The molecule has 0 spiro atoms. The maximum absolute atomic E-state index is 10.5. The SMILES string of the molecule is NC1([N+](=O)[O-])CC=C([N+](=O)[O-])C=C1Cl. The lowest BCUT2D eigenvalue weighted by Crippen LogP contribution is -2.49. The lowest BCUT2D eigenvalue weighted by molar-refractivity contribution is -0.555. The van der Waals surface area contributed by atoms with E-state index in [1.807, 2.05) is 0 Å². The van der Waals surface area contributed by atoms with Crippen LogP contribution in [-0.4, -0.2) is 15.5 Å². The summed E-state index contributed by atoms with van der Waals surface area (Å²) in [6.07, 6.45) is 1.69. The van der Waals surface area contributed by atoms with Crippen molar-refractivity contribution in [1.29, 1.82) is 0 Å². The van der Waals surface area contributed by atoms with Gasteiger partial charge in [0.05, 0.1) is 11.3 Å². The van der Waals surface area contributed by atoms with E-state index in [1.165, 1.54) is 0 Å². The van der Waals surface area contributed by atoms with Gasteiger partial charge in [0.15, 0.2) is 0 Å². The first-order valence-electron chi connectivity index (χ1n) is 3.53. The van der Waals surface area contributed by atoms with Crippen molar-refractivity contribution in [2.24, 2.45) is 5.73 Å². The van der Waals surface area contributed by atoms with Crippen molar-refractivity contribution < 1.29 is 9.85 Å². The minimum absolute atomic E-state index is 0.280. The number of nitrogens with zero attached hydrogens (tertiary/aromatic N) is 2. The van der Waals surface area contributed by atoms with Crippen LogP contribution in [0.1, 0.15) is 6.42 Å². The Morgan fingerprint density at radius 2 is 2.07 bits per heavy atom. The molecule has 2 N–H and O–H groups in total. The van der Waals surface area contributed by atoms with Crippen LogP contribution in [-0.2, 0) is 0 Å². The number of halogens is 1. The lowest BCUT2D eigenvalue weighted by atomic mass is 10.0. The molecule has 0 bridgehead atoms. The first kappa shape index (κ1) is 10.6. The highest BCUT2D eigenvalue weighted by Crippen LogP contribution is 2.29. The summed E-state index contributed by atoms with van der Waals surface area (Å²) >= 11 is 5.51. The average molecular weight is 220 g/mol. The molecule has 0 aromatic rings. The zero-order chi connectivity index (χ0) is 10.9. The molecule has 76 valence electrons. The predicted octanol–water partition coefficient (Wildman–Crippen LogP) is 0.605. The number of hydrogen-bond donors (Lipinski definition) is 1. The van der Waals surface area contributed by atoms with Crippen LogP contribution >= 0.6 is 11.6 Å². The van der Waals surface area contributed by atoms with Gasteiger partial charge in [0.1, 0.15) is 5.03 Å². The third kappa shape index (κ3) is 1.59. The van der Waals surface area contributed by atoms with Crippen LogP contribution in [0.5, 0.6) is 0 Å². The highest BCUT2D eigenvalue weighted by molar-refractivity contribution is 6.30. The van der Waals surface area contributed by atoms with Crippen molar-refractivity contribution in [3.8, 4) is 0 Å². The topological polar surface area (TPSA) is 112 Å². The summed E-state index contributed by atoms with van der Waals surface area (Å²) in [5, 5.41) is 20.5. The summed E-state index contributed by atoms with van der Waals surface area (Å²) in [6, 6.07) is 0. The minimum Gasteiger partial charge on any atom is -0.262 e. The van der Waals surface area contributed by atoms with Crippen molar-refractivity contribution in [1.82, 2.24) is 0 Å². The summed E-state index contributed by atoms with van der Waals surface area (Å²) in [6.45, 7) is 0. The van der Waals surface area contributed by atoms with E-state index in [1.54, 1.807) is 0 Å². The quantitative estimate of drug-likeness (QED) is 0.415. The van der Waals surface area contributed by atoms with Crippen LogP contribution in [0.2, 0.25) is 0 Å². The van der Waals surface area contributed by atoms with Gasteiger partial charge >= 0.3 is 5.66 Å². The monoisotopic (exact) mass is 219 g/mol. The van der Waals surface area contributed by atoms with E-state index in [-0.39, 0.29) is 17.2 Å².